The summed E-state index contributed by atoms with van der Waals surface area (Å²) in [5.41, 5.74) is 0.177. The van der Waals surface area contributed by atoms with Crippen LogP contribution in [0.15, 0.2) is 40.1 Å². The lowest BCUT2D eigenvalue weighted by Gasteiger charge is -2.08. The predicted octanol–water partition coefficient (Wildman–Crippen LogP) is 4.92. The van der Waals surface area contributed by atoms with E-state index in [1.165, 1.54) is 6.07 Å². The fourth-order valence-electron chi connectivity index (χ4n) is 1.47. The van der Waals surface area contributed by atoms with Crippen molar-refractivity contribution in [1.29, 1.82) is 0 Å². The molecule has 100 valence electrons. The largest absolute Gasteiger partial charge is 0.392 e. The number of benzene rings is 2. The Morgan fingerprint density at radius 2 is 1.68 bits per heavy atom. The van der Waals surface area contributed by atoms with Crippen LogP contribution < -0.4 is 0 Å². The van der Waals surface area contributed by atoms with E-state index in [0.29, 0.717) is 14.9 Å². The molecule has 0 fully saturated rings. The highest BCUT2D eigenvalue weighted by Gasteiger charge is 2.14. The van der Waals surface area contributed by atoms with Gasteiger partial charge in [0.25, 0.3) is 0 Å². The highest BCUT2D eigenvalue weighted by molar-refractivity contribution is 7.99. The van der Waals surface area contributed by atoms with E-state index in [0.717, 1.165) is 23.9 Å². The van der Waals surface area contributed by atoms with Gasteiger partial charge in [-0.05, 0) is 35.9 Å². The van der Waals surface area contributed by atoms with Crippen molar-refractivity contribution >= 4 is 35.0 Å². The van der Waals surface area contributed by atoms with Crippen LogP contribution in [0.4, 0.5) is 8.78 Å². The van der Waals surface area contributed by atoms with Crippen LogP contribution in [0, 0.1) is 11.6 Å². The summed E-state index contributed by atoms with van der Waals surface area (Å²) in [7, 11) is 0. The molecule has 0 bridgehead atoms. The maximum atomic E-state index is 13.8. The van der Waals surface area contributed by atoms with Crippen molar-refractivity contribution in [3.05, 3.63) is 57.6 Å². The van der Waals surface area contributed by atoms with Crippen LogP contribution in [0.5, 0.6) is 0 Å². The first-order valence-electron chi connectivity index (χ1n) is 5.23. The van der Waals surface area contributed by atoms with Crippen LogP contribution in [0.25, 0.3) is 0 Å². The number of rotatable bonds is 3. The summed E-state index contributed by atoms with van der Waals surface area (Å²) in [6.07, 6.45) is 0. The molecule has 0 amide bonds. The Kier molecular flexibility index (Phi) is 4.68. The number of hydrogen-bond donors (Lipinski definition) is 1. The van der Waals surface area contributed by atoms with Crippen molar-refractivity contribution in [2.24, 2.45) is 0 Å². The molecule has 0 aliphatic rings. The lowest BCUT2D eigenvalue weighted by atomic mass is 10.2. The fourth-order valence-corrected chi connectivity index (χ4v) is 2.82. The van der Waals surface area contributed by atoms with Crippen molar-refractivity contribution in [2.75, 3.05) is 0 Å². The molecule has 0 unspecified atom stereocenters. The zero-order valence-electron chi connectivity index (χ0n) is 9.46. The molecule has 0 saturated heterocycles. The van der Waals surface area contributed by atoms with Crippen molar-refractivity contribution in [3.63, 3.8) is 0 Å². The van der Waals surface area contributed by atoms with E-state index in [4.69, 9.17) is 28.3 Å². The van der Waals surface area contributed by atoms with E-state index >= 15 is 0 Å². The highest BCUT2D eigenvalue weighted by atomic mass is 35.5. The predicted molar refractivity (Wildman–Crippen MR) is 72.9 cm³/mol. The van der Waals surface area contributed by atoms with Gasteiger partial charge in [0.15, 0.2) is 0 Å². The minimum absolute atomic E-state index is 0.177. The molecule has 2 aromatic carbocycles. The molecule has 0 aliphatic carbocycles. The van der Waals surface area contributed by atoms with Crippen molar-refractivity contribution < 1.29 is 13.9 Å². The van der Waals surface area contributed by atoms with Gasteiger partial charge in [-0.25, -0.2) is 8.78 Å². The Morgan fingerprint density at radius 3 is 2.26 bits per heavy atom. The van der Waals surface area contributed by atoms with E-state index in [-0.39, 0.29) is 10.5 Å². The van der Waals surface area contributed by atoms with E-state index in [1.54, 1.807) is 12.1 Å². The summed E-state index contributed by atoms with van der Waals surface area (Å²) in [6.45, 7) is -0.420. The second-order valence-electron chi connectivity index (χ2n) is 3.72. The molecule has 2 aromatic rings. The van der Waals surface area contributed by atoms with Gasteiger partial charge in [-0.2, -0.15) is 0 Å². The molecule has 19 heavy (non-hydrogen) atoms. The van der Waals surface area contributed by atoms with E-state index in [2.05, 4.69) is 0 Å². The highest BCUT2D eigenvalue weighted by Crippen LogP contribution is 2.37. The normalized spacial score (nSPS) is 10.8. The first-order chi connectivity index (χ1) is 9.01. The molecule has 0 radical (unpaired) electrons. The summed E-state index contributed by atoms with van der Waals surface area (Å²) in [6, 6.07) is 6.86. The van der Waals surface area contributed by atoms with Gasteiger partial charge in [-0.15, -0.1) is 0 Å². The summed E-state index contributed by atoms with van der Waals surface area (Å²) in [5.74, 6) is -1.49. The molecular formula is C13H8Cl2F2OS. The minimum Gasteiger partial charge on any atom is -0.392 e. The van der Waals surface area contributed by atoms with Crippen LogP contribution >= 0.6 is 35.0 Å². The van der Waals surface area contributed by atoms with Gasteiger partial charge in [-0.1, -0.05) is 35.0 Å². The van der Waals surface area contributed by atoms with Crippen molar-refractivity contribution in [3.8, 4) is 0 Å². The Balaban J connectivity index is 2.41. The van der Waals surface area contributed by atoms with Crippen molar-refractivity contribution in [1.82, 2.24) is 0 Å². The summed E-state index contributed by atoms with van der Waals surface area (Å²) >= 11 is 12.6. The molecule has 0 spiro atoms. The molecule has 0 aliphatic heterocycles. The Hall–Kier alpha value is -0.810. The van der Waals surface area contributed by atoms with E-state index < -0.39 is 18.2 Å². The number of aliphatic hydroxyl groups excluding tert-OH is 1. The Labute approximate surface area is 123 Å². The fraction of sp³-hybridized carbons (Fsp3) is 0.0769. The summed E-state index contributed by atoms with van der Waals surface area (Å²) in [4.78, 5) is 0.282. The van der Waals surface area contributed by atoms with E-state index in [9.17, 15) is 8.78 Å². The maximum absolute atomic E-state index is 13.8. The smallest absolute Gasteiger partial charge is 0.140 e. The standard InChI is InChI=1S/C13H8Cl2F2OS/c14-8-1-2-9(15)12(5-8)19-13-10(16)3-7(6-18)4-11(13)17/h1-5,18H,6H2. The quantitative estimate of drug-likeness (QED) is 0.866. The Morgan fingerprint density at radius 1 is 1.05 bits per heavy atom. The lowest BCUT2D eigenvalue weighted by Crippen LogP contribution is -1.93. The second-order valence-corrected chi connectivity index (χ2v) is 5.62. The average molecular weight is 321 g/mol. The average Bonchev–Trinajstić information content (AvgIpc) is 2.37. The van der Waals surface area contributed by atoms with Crippen LogP contribution in [0.3, 0.4) is 0 Å². The zero-order chi connectivity index (χ0) is 14.0. The first kappa shape index (κ1) is 14.6. The number of hydrogen-bond acceptors (Lipinski definition) is 2. The third-order valence-electron chi connectivity index (χ3n) is 2.35. The van der Waals surface area contributed by atoms with Crippen LogP contribution in [0.2, 0.25) is 10.0 Å². The molecule has 1 nitrogen and oxygen atoms in total. The number of aliphatic hydroxyl groups is 1. The van der Waals surface area contributed by atoms with Gasteiger partial charge in [0.05, 0.1) is 16.5 Å². The molecule has 0 saturated carbocycles. The van der Waals surface area contributed by atoms with Gasteiger partial charge in [-0.3, -0.25) is 0 Å². The van der Waals surface area contributed by atoms with Crippen molar-refractivity contribution in [2.45, 2.75) is 16.4 Å². The van der Waals surface area contributed by atoms with Gasteiger partial charge in [0.1, 0.15) is 11.6 Å². The summed E-state index contributed by atoms with van der Waals surface area (Å²) in [5, 5.41) is 9.66. The molecular weight excluding hydrogens is 313 g/mol. The molecule has 2 rings (SSSR count). The van der Waals surface area contributed by atoms with Gasteiger partial charge in [0.2, 0.25) is 0 Å². The monoisotopic (exact) mass is 320 g/mol. The minimum atomic E-state index is -0.745. The van der Waals surface area contributed by atoms with Crippen LogP contribution in [0.1, 0.15) is 5.56 Å². The molecule has 0 heterocycles. The number of halogens is 4. The summed E-state index contributed by atoms with van der Waals surface area (Å²) < 4.78 is 27.5. The second kappa shape index (κ2) is 6.09. The van der Waals surface area contributed by atoms with Gasteiger partial charge >= 0.3 is 0 Å². The van der Waals surface area contributed by atoms with Crippen LogP contribution in [-0.2, 0) is 6.61 Å². The Bertz CT molecular complexity index is 597. The molecule has 1 N–H and O–H groups in total. The lowest BCUT2D eigenvalue weighted by molar-refractivity contribution is 0.280. The molecule has 6 heteroatoms. The third-order valence-corrected chi connectivity index (χ3v) is 4.17. The zero-order valence-corrected chi connectivity index (χ0v) is 11.8. The topological polar surface area (TPSA) is 20.2 Å². The SMILES string of the molecule is OCc1cc(F)c(Sc2cc(Cl)ccc2Cl)c(F)c1. The molecule has 0 atom stereocenters. The maximum Gasteiger partial charge on any atom is 0.140 e. The molecule has 0 aromatic heterocycles. The third kappa shape index (κ3) is 3.39. The van der Waals surface area contributed by atoms with Crippen LogP contribution in [-0.4, -0.2) is 5.11 Å². The first-order valence-corrected chi connectivity index (χ1v) is 6.80. The van der Waals surface area contributed by atoms with Gasteiger partial charge in [0, 0.05) is 9.92 Å². The van der Waals surface area contributed by atoms with E-state index in [1.807, 2.05) is 0 Å². The van der Waals surface area contributed by atoms with Gasteiger partial charge < -0.3 is 5.11 Å².